The highest BCUT2D eigenvalue weighted by molar-refractivity contribution is 7.80. The Morgan fingerprint density at radius 2 is 2.17 bits per heavy atom. The minimum Gasteiger partial charge on any atom is -0.755 e. The van der Waals surface area contributed by atoms with E-state index in [0.717, 1.165) is 17.7 Å². The first-order chi connectivity index (χ1) is 5.79. The summed E-state index contributed by atoms with van der Waals surface area (Å²) in [5, 5.41) is 0. The van der Waals surface area contributed by atoms with Crippen molar-refractivity contribution in [1.82, 2.24) is 0 Å². The number of rotatable bonds is 1. The summed E-state index contributed by atoms with van der Waals surface area (Å²) in [5.74, 6) is 0. The fraction of sp³-hybridized carbons (Fsp3) is 0.250. The fourth-order valence-electron chi connectivity index (χ4n) is 1.46. The maximum atomic E-state index is 10.7. The number of fused-ring (bicyclic) bond motifs is 1. The number of benzene rings is 1. The largest absolute Gasteiger partial charge is 0.755 e. The van der Waals surface area contributed by atoms with Gasteiger partial charge in [-0.15, -0.1) is 0 Å². The second-order valence-electron chi connectivity index (χ2n) is 2.70. The van der Waals surface area contributed by atoms with Gasteiger partial charge in [0.15, 0.2) is 0 Å². The predicted octanol–water partition coefficient (Wildman–Crippen LogP) is 0.843. The molecule has 12 heavy (non-hydrogen) atoms. The van der Waals surface area contributed by atoms with Crippen molar-refractivity contribution in [3.05, 3.63) is 29.8 Å². The van der Waals surface area contributed by atoms with Gasteiger partial charge in [0.25, 0.3) is 0 Å². The Morgan fingerprint density at radius 1 is 1.42 bits per heavy atom. The van der Waals surface area contributed by atoms with Gasteiger partial charge in [-0.25, -0.2) is 0 Å². The second-order valence-corrected chi connectivity index (χ2v) is 3.57. The molecule has 0 fully saturated rings. The third kappa shape index (κ3) is 1.13. The van der Waals surface area contributed by atoms with E-state index >= 15 is 0 Å². The zero-order valence-corrected chi connectivity index (χ0v) is 7.21. The van der Waals surface area contributed by atoms with E-state index in [1.165, 1.54) is 4.31 Å². The highest BCUT2D eigenvalue weighted by Crippen LogP contribution is 2.27. The van der Waals surface area contributed by atoms with Crippen LogP contribution < -0.4 is 4.31 Å². The Hall–Kier alpha value is -0.870. The summed E-state index contributed by atoms with van der Waals surface area (Å²) in [7, 11) is 0. The second kappa shape index (κ2) is 2.88. The summed E-state index contributed by atoms with van der Waals surface area (Å²) in [5.41, 5.74) is 1.94. The van der Waals surface area contributed by atoms with Crippen LogP contribution in [0.4, 0.5) is 5.69 Å². The van der Waals surface area contributed by atoms with Crippen LogP contribution in [0.25, 0.3) is 0 Å². The average Bonchev–Trinajstić information content (AvgIpc) is 2.47. The fourth-order valence-corrected chi connectivity index (χ4v) is 2.04. The molecule has 1 aromatic rings. The molecular weight excluding hydrogens is 174 g/mol. The molecule has 1 aromatic carbocycles. The molecule has 0 saturated carbocycles. The number of hydrogen-bond acceptors (Lipinski definition) is 2. The first kappa shape index (κ1) is 7.76. The number of anilines is 1. The molecule has 0 N–H and O–H groups in total. The van der Waals surface area contributed by atoms with E-state index in [-0.39, 0.29) is 0 Å². The van der Waals surface area contributed by atoms with E-state index in [1.54, 1.807) is 0 Å². The van der Waals surface area contributed by atoms with Crippen molar-refractivity contribution in [2.24, 2.45) is 0 Å². The molecule has 64 valence electrons. The molecule has 1 atom stereocenters. The van der Waals surface area contributed by atoms with E-state index in [2.05, 4.69) is 0 Å². The minimum absolute atomic E-state index is 0.579. The van der Waals surface area contributed by atoms with E-state index in [4.69, 9.17) is 0 Å². The Bertz CT molecular complexity index is 327. The number of para-hydroxylation sites is 1. The number of nitrogens with zero attached hydrogens (tertiary/aromatic N) is 1. The van der Waals surface area contributed by atoms with E-state index < -0.39 is 11.3 Å². The summed E-state index contributed by atoms with van der Waals surface area (Å²) in [6.07, 6.45) is 0.824. The smallest absolute Gasteiger partial charge is 0.0515 e. The maximum Gasteiger partial charge on any atom is 0.0515 e. The molecule has 0 aromatic heterocycles. The summed E-state index contributed by atoms with van der Waals surface area (Å²) >= 11 is -2.12. The van der Waals surface area contributed by atoms with Gasteiger partial charge in [0.1, 0.15) is 0 Å². The Morgan fingerprint density at radius 3 is 2.92 bits per heavy atom. The molecule has 3 nitrogen and oxygen atoms in total. The van der Waals surface area contributed by atoms with Crippen LogP contribution in [-0.2, 0) is 17.7 Å². The molecule has 0 spiro atoms. The lowest BCUT2D eigenvalue weighted by atomic mass is 10.2. The third-order valence-corrected chi connectivity index (χ3v) is 2.76. The molecule has 0 radical (unpaired) electrons. The zero-order chi connectivity index (χ0) is 8.55. The van der Waals surface area contributed by atoms with E-state index in [0.29, 0.717) is 6.54 Å². The van der Waals surface area contributed by atoms with Crippen LogP contribution in [-0.4, -0.2) is 15.3 Å². The molecule has 0 amide bonds. The van der Waals surface area contributed by atoms with Gasteiger partial charge in [-0.1, -0.05) is 18.2 Å². The topological polar surface area (TPSA) is 43.4 Å². The van der Waals surface area contributed by atoms with Crippen molar-refractivity contribution in [1.29, 1.82) is 0 Å². The SMILES string of the molecule is O=S([O-])N1CCc2ccccc21. The highest BCUT2D eigenvalue weighted by atomic mass is 32.2. The summed E-state index contributed by atoms with van der Waals surface area (Å²) in [4.78, 5) is 0. The van der Waals surface area contributed by atoms with Crippen LogP contribution in [0.3, 0.4) is 0 Å². The molecular formula is C8H8NO2S-. The molecule has 0 saturated heterocycles. The lowest BCUT2D eigenvalue weighted by molar-refractivity contribution is 0.533. The minimum atomic E-state index is -2.12. The Labute approximate surface area is 73.4 Å². The lowest BCUT2D eigenvalue weighted by Gasteiger charge is -2.20. The molecule has 1 unspecified atom stereocenters. The van der Waals surface area contributed by atoms with Crippen LogP contribution >= 0.6 is 0 Å². The lowest BCUT2D eigenvalue weighted by Crippen LogP contribution is -2.22. The van der Waals surface area contributed by atoms with Gasteiger partial charge < -0.3 is 8.86 Å². The van der Waals surface area contributed by atoms with E-state index in [1.807, 2.05) is 24.3 Å². The van der Waals surface area contributed by atoms with Gasteiger partial charge >= 0.3 is 0 Å². The molecule has 2 rings (SSSR count). The van der Waals surface area contributed by atoms with Gasteiger partial charge in [-0.2, -0.15) is 0 Å². The number of hydrogen-bond donors (Lipinski definition) is 0. The first-order valence-electron chi connectivity index (χ1n) is 3.74. The van der Waals surface area contributed by atoms with Crippen LogP contribution in [0.2, 0.25) is 0 Å². The van der Waals surface area contributed by atoms with Crippen molar-refractivity contribution < 1.29 is 8.76 Å². The third-order valence-electron chi connectivity index (χ3n) is 2.02. The Balaban J connectivity index is 2.42. The molecule has 0 aliphatic carbocycles. The van der Waals surface area contributed by atoms with Gasteiger partial charge in [0, 0.05) is 17.8 Å². The normalized spacial score (nSPS) is 17.6. The Kier molecular flexibility index (Phi) is 1.86. The molecule has 4 heteroatoms. The van der Waals surface area contributed by atoms with Gasteiger partial charge in [0.05, 0.1) is 5.69 Å². The van der Waals surface area contributed by atoms with Gasteiger partial charge in [0.2, 0.25) is 0 Å². The quantitative estimate of drug-likeness (QED) is 0.604. The molecule has 0 bridgehead atoms. The monoisotopic (exact) mass is 182 g/mol. The average molecular weight is 182 g/mol. The van der Waals surface area contributed by atoms with Crippen molar-refractivity contribution >= 4 is 17.0 Å². The summed E-state index contributed by atoms with van der Waals surface area (Å²) in [6, 6.07) is 7.57. The molecule has 1 aliphatic rings. The van der Waals surface area contributed by atoms with Gasteiger partial charge in [-0.3, -0.25) is 4.21 Å². The van der Waals surface area contributed by atoms with Crippen LogP contribution in [0.15, 0.2) is 24.3 Å². The maximum absolute atomic E-state index is 10.7. The van der Waals surface area contributed by atoms with Gasteiger partial charge in [-0.05, 0) is 18.1 Å². The zero-order valence-electron chi connectivity index (χ0n) is 6.40. The highest BCUT2D eigenvalue weighted by Gasteiger charge is 2.18. The van der Waals surface area contributed by atoms with Crippen molar-refractivity contribution in [3.8, 4) is 0 Å². The van der Waals surface area contributed by atoms with Crippen LogP contribution in [0.1, 0.15) is 5.56 Å². The van der Waals surface area contributed by atoms with E-state index in [9.17, 15) is 8.76 Å². The standard InChI is InChI=1S/C8H9NO2S/c10-12(11)9-6-5-7-3-1-2-4-8(7)9/h1-4H,5-6H2,(H,10,11)/p-1. The van der Waals surface area contributed by atoms with Crippen LogP contribution in [0, 0.1) is 0 Å². The summed E-state index contributed by atoms with van der Waals surface area (Å²) in [6.45, 7) is 0.579. The summed E-state index contributed by atoms with van der Waals surface area (Å²) < 4.78 is 22.8. The van der Waals surface area contributed by atoms with Crippen molar-refractivity contribution in [3.63, 3.8) is 0 Å². The van der Waals surface area contributed by atoms with Crippen LogP contribution in [0.5, 0.6) is 0 Å². The predicted molar refractivity (Wildman–Crippen MR) is 46.4 cm³/mol. The molecule has 1 aliphatic heterocycles. The van der Waals surface area contributed by atoms with Crippen molar-refractivity contribution in [2.45, 2.75) is 6.42 Å². The molecule has 1 heterocycles. The van der Waals surface area contributed by atoms with Crippen molar-refractivity contribution in [2.75, 3.05) is 10.8 Å². The first-order valence-corrected chi connectivity index (χ1v) is 4.77.